The molecular weight excluding hydrogens is 372 g/mol. The quantitative estimate of drug-likeness (QED) is 0.297. The highest BCUT2D eigenvalue weighted by atomic mass is 19.1. The highest BCUT2D eigenvalue weighted by Crippen LogP contribution is 2.48. The molecule has 0 saturated heterocycles. The fourth-order valence-corrected chi connectivity index (χ4v) is 5.60. The zero-order chi connectivity index (χ0) is 19.7. The second kappa shape index (κ2) is 4.40. The van der Waals surface area contributed by atoms with E-state index < -0.39 is 17.6 Å². The van der Waals surface area contributed by atoms with Gasteiger partial charge in [0.1, 0.15) is 28.4 Å². The van der Waals surface area contributed by atoms with Crippen LogP contribution < -0.4 is 9.13 Å². The normalized spacial score (nSPS) is 20.8. The topological polar surface area (TPSA) is 38.5 Å². The standard InChI is InChI=1S/C22H15F2N5/c1-21(2)14-6-3-5-13-18-12(11-16(23)26-19(18)24)22(28(13)14)20-25-9-10-27(20)17-8-4-7-15(21)29(17)22/h3-11H,1-2H3/q+2/t22-/m0/s1. The van der Waals surface area contributed by atoms with E-state index in [0.29, 0.717) is 22.6 Å². The van der Waals surface area contributed by atoms with Crippen LogP contribution in [0.3, 0.4) is 0 Å². The lowest BCUT2D eigenvalue weighted by Gasteiger charge is -2.33. The third-order valence-corrected chi connectivity index (χ3v) is 6.66. The van der Waals surface area contributed by atoms with Gasteiger partial charge in [0.05, 0.1) is 6.20 Å². The maximum atomic E-state index is 15.1. The van der Waals surface area contributed by atoms with Crippen LogP contribution in [0.2, 0.25) is 0 Å². The van der Waals surface area contributed by atoms with Crippen LogP contribution in [0.25, 0.3) is 17.1 Å². The molecule has 4 aromatic rings. The molecule has 0 amide bonds. The third-order valence-electron chi connectivity index (χ3n) is 6.66. The Morgan fingerprint density at radius 1 is 1.00 bits per heavy atom. The number of halogens is 2. The van der Waals surface area contributed by atoms with E-state index in [1.165, 1.54) is 6.07 Å². The third kappa shape index (κ3) is 1.39. The van der Waals surface area contributed by atoms with Crippen molar-refractivity contribution in [3.05, 3.63) is 89.5 Å². The van der Waals surface area contributed by atoms with Gasteiger partial charge in [0.15, 0.2) is 0 Å². The lowest BCUT2D eigenvalue weighted by molar-refractivity contribution is -0.973. The van der Waals surface area contributed by atoms with Crippen molar-refractivity contribution in [2.75, 3.05) is 0 Å². The summed E-state index contributed by atoms with van der Waals surface area (Å²) in [4.78, 5) is 8.17. The lowest BCUT2D eigenvalue weighted by Crippen LogP contribution is -2.79. The van der Waals surface area contributed by atoms with Gasteiger partial charge in [0.2, 0.25) is 23.3 Å². The SMILES string of the molecule is CC1(C)c2cccc3[n+]2[C@]2(c4cc(F)nc(F)c4-3)c3nccn3-c3cccc1[n+]32. The zero-order valence-corrected chi connectivity index (χ0v) is 15.7. The van der Waals surface area contributed by atoms with Gasteiger partial charge in [0, 0.05) is 24.3 Å². The van der Waals surface area contributed by atoms with Crippen LogP contribution in [0.15, 0.2) is 54.9 Å². The van der Waals surface area contributed by atoms with Crippen molar-refractivity contribution in [3.8, 4) is 17.1 Å². The summed E-state index contributed by atoms with van der Waals surface area (Å²) in [6, 6.07) is 13.3. The Labute approximate surface area is 164 Å². The van der Waals surface area contributed by atoms with Gasteiger partial charge in [-0.25, -0.2) is 4.98 Å². The zero-order valence-electron chi connectivity index (χ0n) is 15.7. The number of imidazole rings is 1. The van der Waals surface area contributed by atoms with Crippen LogP contribution in [0.4, 0.5) is 8.78 Å². The average molecular weight is 387 g/mol. The number of pyridine rings is 3. The maximum Gasteiger partial charge on any atom is 0.419 e. The Morgan fingerprint density at radius 2 is 1.76 bits per heavy atom. The summed E-state index contributed by atoms with van der Waals surface area (Å²) in [6.45, 7) is 4.31. The molecule has 7 heteroatoms. The van der Waals surface area contributed by atoms with E-state index in [4.69, 9.17) is 0 Å². The molecule has 0 unspecified atom stereocenters. The Balaban J connectivity index is 1.83. The molecule has 7 heterocycles. The molecule has 0 aliphatic carbocycles. The number of aromatic nitrogens is 5. The van der Waals surface area contributed by atoms with Gasteiger partial charge in [-0.15, -0.1) is 4.57 Å². The van der Waals surface area contributed by atoms with Crippen LogP contribution in [0, 0.1) is 11.9 Å². The Morgan fingerprint density at radius 3 is 2.59 bits per heavy atom. The van der Waals surface area contributed by atoms with Crippen molar-refractivity contribution in [2.45, 2.75) is 24.9 Å². The van der Waals surface area contributed by atoms with Crippen molar-refractivity contribution in [2.24, 2.45) is 0 Å². The predicted octanol–water partition coefficient (Wildman–Crippen LogP) is 2.35. The van der Waals surface area contributed by atoms with Gasteiger partial charge in [-0.3, -0.25) is 0 Å². The number of nitrogens with zero attached hydrogens (tertiary/aromatic N) is 5. The van der Waals surface area contributed by atoms with Gasteiger partial charge in [-0.2, -0.15) is 22.9 Å². The molecule has 0 radical (unpaired) electrons. The minimum Gasteiger partial charge on any atom is -0.207 e. The first kappa shape index (κ1) is 15.4. The van der Waals surface area contributed by atoms with Crippen LogP contribution in [0.5, 0.6) is 0 Å². The van der Waals surface area contributed by atoms with Crippen molar-refractivity contribution in [1.29, 1.82) is 0 Å². The predicted molar refractivity (Wildman–Crippen MR) is 97.2 cm³/mol. The minimum absolute atomic E-state index is 0.329. The minimum atomic E-state index is -0.989. The molecular formula is C22H15F2N5+2. The van der Waals surface area contributed by atoms with Crippen molar-refractivity contribution < 1.29 is 17.9 Å². The van der Waals surface area contributed by atoms with Gasteiger partial charge in [0.25, 0.3) is 5.82 Å². The molecule has 3 aliphatic rings. The molecule has 0 N–H and O–H groups in total. The molecule has 1 atom stereocenters. The fraction of sp³-hybridized carbons (Fsp3) is 0.182. The monoisotopic (exact) mass is 387 g/mol. The summed E-state index contributed by atoms with van der Waals surface area (Å²) >= 11 is 0. The highest BCUT2D eigenvalue weighted by molar-refractivity contribution is 5.67. The summed E-state index contributed by atoms with van der Waals surface area (Å²) in [6.07, 6.45) is 3.63. The number of rotatable bonds is 0. The fourth-order valence-electron chi connectivity index (χ4n) is 5.60. The molecule has 3 aliphatic heterocycles. The Kier molecular flexibility index (Phi) is 2.34. The van der Waals surface area contributed by atoms with Crippen LogP contribution in [0.1, 0.15) is 36.6 Å². The summed E-state index contributed by atoms with van der Waals surface area (Å²) in [7, 11) is 0. The molecule has 0 saturated carbocycles. The van der Waals surface area contributed by atoms with E-state index in [1.807, 2.05) is 35.0 Å². The van der Waals surface area contributed by atoms with Gasteiger partial charge in [-0.1, -0.05) is 6.07 Å². The van der Waals surface area contributed by atoms with E-state index in [9.17, 15) is 4.39 Å². The number of fused-ring (bicyclic) bond motifs is 4. The smallest absolute Gasteiger partial charge is 0.207 e. The van der Waals surface area contributed by atoms with E-state index in [1.54, 1.807) is 6.20 Å². The van der Waals surface area contributed by atoms with Gasteiger partial charge < -0.3 is 0 Å². The molecule has 5 nitrogen and oxygen atoms in total. The molecule has 0 fully saturated rings. The van der Waals surface area contributed by atoms with Crippen molar-refractivity contribution in [3.63, 3.8) is 0 Å². The molecule has 7 rings (SSSR count). The first-order chi connectivity index (χ1) is 14.0. The number of hydrogen-bond donors (Lipinski definition) is 0. The van der Waals surface area contributed by atoms with E-state index in [0.717, 1.165) is 17.2 Å². The van der Waals surface area contributed by atoms with Crippen LogP contribution in [-0.2, 0) is 11.1 Å². The summed E-state index contributed by atoms with van der Waals surface area (Å²) in [5, 5.41) is 0. The summed E-state index contributed by atoms with van der Waals surface area (Å²) in [5.74, 6) is -0.00317. The summed E-state index contributed by atoms with van der Waals surface area (Å²) < 4.78 is 35.8. The van der Waals surface area contributed by atoms with Crippen LogP contribution in [-0.4, -0.2) is 14.5 Å². The maximum absolute atomic E-state index is 15.1. The second-order valence-electron chi connectivity index (χ2n) is 8.31. The van der Waals surface area contributed by atoms with E-state index >= 15 is 4.39 Å². The van der Waals surface area contributed by atoms with Crippen molar-refractivity contribution in [1.82, 2.24) is 14.5 Å². The van der Waals surface area contributed by atoms with E-state index in [-0.39, 0.29) is 5.41 Å². The van der Waals surface area contributed by atoms with Gasteiger partial charge >= 0.3 is 11.5 Å². The van der Waals surface area contributed by atoms with Gasteiger partial charge in [-0.05, 0) is 26.0 Å². The lowest BCUT2D eigenvalue weighted by atomic mass is 9.80. The molecule has 29 heavy (non-hydrogen) atoms. The van der Waals surface area contributed by atoms with E-state index in [2.05, 4.69) is 45.1 Å². The largest absolute Gasteiger partial charge is 0.419 e. The Bertz CT molecular complexity index is 1420. The molecule has 1 spiro atoms. The second-order valence-corrected chi connectivity index (χ2v) is 8.31. The molecule has 140 valence electrons. The van der Waals surface area contributed by atoms with Crippen LogP contribution >= 0.6 is 0 Å². The average Bonchev–Trinajstić information content (AvgIpc) is 3.34. The summed E-state index contributed by atoms with van der Waals surface area (Å²) in [5.41, 5.74) is 2.26. The molecule has 0 bridgehead atoms. The highest BCUT2D eigenvalue weighted by Gasteiger charge is 2.73. The molecule has 4 aromatic heterocycles. The Hall–Kier alpha value is -3.48. The first-order valence-corrected chi connectivity index (χ1v) is 9.50. The number of hydrogen-bond acceptors (Lipinski definition) is 2. The van der Waals surface area contributed by atoms with Crippen molar-refractivity contribution >= 4 is 0 Å². The molecule has 0 aromatic carbocycles. The first-order valence-electron chi connectivity index (χ1n) is 9.50.